The van der Waals surface area contributed by atoms with Gasteiger partial charge in [-0.05, 0) is 78.3 Å². The van der Waals surface area contributed by atoms with Gasteiger partial charge in [0.1, 0.15) is 12.4 Å². The van der Waals surface area contributed by atoms with E-state index < -0.39 is 11.8 Å². The zero-order valence-electron chi connectivity index (χ0n) is 22.5. The summed E-state index contributed by atoms with van der Waals surface area (Å²) >= 11 is 3.62. The van der Waals surface area contributed by atoms with Crippen LogP contribution >= 0.6 is 15.9 Å². The minimum Gasteiger partial charge on any atom is -0.488 e. The molecule has 5 aromatic carbocycles. The van der Waals surface area contributed by atoms with Crippen molar-refractivity contribution in [1.82, 2.24) is 5.01 Å². The molecule has 9 rings (SSSR count). The molecule has 1 aliphatic heterocycles. The molecule has 4 aliphatic rings. The zero-order chi connectivity index (χ0) is 28.4. The largest absolute Gasteiger partial charge is 0.488 e. The van der Waals surface area contributed by atoms with Gasteiger partial charge in [0, 0.05) is 11.8 Å². The topological polar surface area (TPSA) is 59.0 Å². The predicted molar refractivity (Wildman–Crippen MR) is 165 cm³/mol. The number of hydrogen-bond donors (Lipinski definition) is 0. The molecule has 0 N–H and O–H groups in total. The highest BCUT2D eigenvalue weighted by Crippen LogP contribution is 2.61. The Morgan fingerprint density at radius 3 is 1.90 bits per heavy atom. The summed E-state index contributed by atoms with van der Waals surface area (Å²) in [5.41, 5.74) is 6.46. The van der Waals surface area contributed by atoms with E-state index in [0.29, 0.717) is 12.4 Å². The average molecular weight is 614 g/mol. The summed E-state index contributed by atoms with van der Waals surface area (Å²) in [5, 5.41) is 7.89. The molecule has 2 atom stereocenters. The van der Waals surface area contributed by atoms with Crippen molar-refractivity contribution in [3.05, 3.63) is 147 Å². The Labute approximate surface area is 251 Å². The summed E-state index contributed by atoms with van der Waals surface area (Å²) in [6.45, 7) is 0.431. The number of hydrazone groups is 1. The van der Waals surface area contributed by atoms with Gasteiger partial charge in [-0.15, -0.1) is 0 Å². The van der Waals surface area contributed by atoms with Crippen LogP contribution in [0.1, 0.15) is 45.2 Å². The highest BCUT2D eigenvalue weighted by atomic mass is 79.9. The predicted octanol–water partition coefficient (Wildman–Crippen LogP) is 7.41. The molecule has 0 aromatic heterocycles. The third-order valence-electron chi connectivity index (χ3n) is 8.97. The van der Waals surface area contributed by atoms with Crippen molar-refractivity contribution in [2.45, 2.75) is 18.4 Å². The lowest BCUT2D eigenvalue weighted by molar-refractivity contribution is -0.139. The Morgan fingerprint density at radius 1 is 0.714 bits per heavy atom. The Hall–Kier alpha value is -4.55. The van der Waals surface area contributed by atoms with Gasteiger partial charge < -0.3 is 4.74 Å². The van der Waals surface area contributed by atoms with Crippen LogP contribution in [0.3, 0.4) is 0 Å². The molecular weight excluding hydrogens is 588 g/mol. The van der Waals surface area contributed by atoms with Gasteiger partial charge >= 0.3 is 0 Å². The minimum atomic E-state index is -0.443. The van der Waals surface area contributed by atoms with E-state index in [-0.39, 0.29) is 23.7 Å². The highest BCUT2D eigenvalue weighted by Gasteiger charge is 2.61. The lowest BCUT2D eigenvalue weighted by atomic mass is 9.55. The van der Waals surface area contributed by atoms with E-state index in [9.17, 15) is 9.59 Å². The van der Waals surface area contributed by atoms with E-state index >= 15 is 0 Å². The fourth-order valence-electron chi connectivity index (χ4n) is 7.19. The Bertz CT molecular complexity index is 1830. The average Bonchev–Trinajstić information content (AvgIpc) is 3.28. The molecular formula is C36H25BrN2O3. The fourth-order valence-corrected chi connectivity index (χ4v) is 7.70. The van der Waals surface area contributed by atoms with Gasteiger partial charge in [-0.2, -0.15) is 10.1 Å². The van der Waals surface area contributed by atoms with E-state index in [2.05, 4.69) is 69.6 Å². The molecule has 42 heavy (non-hydrogen) atoms. The van der Waals surface area contributed by atoms with E-state index in [0.717, 1.165) is 42.9 Å². The van der Waals surface area contributed by atoms with E-state index in [1.165, 1.54) is 10.8 Å². The van der Waals surface area contributed by atoms with Gasteiger partial charge in [-0.3, -0.25) is 9.59 Å². The number of benzene rings is 5. The quantitative estimate of drug-likeness (QED) is 0.153. The van der Waals surface area contributed by atoms with Crippen molar-refractivity contribution in [2.24, 2.45) is 16.9 Å². The SMILES string of the molecule is O=C1[C@H]2C3c4ccccc4C(c4ccccc43)[C@@H]2C(=O)N1/N=C\c1ccc(OCc2cccc3ccccc23)c(Br)c1. The lowest BCUT2D eigenvalue weighted by Gasteiger charge is -2.45. The Kier molecular flexibility index (Phi) is 5.86. The molecule has 5 aromatic rings. The normalized spacial score (nSPS) is 22.0. The first kappa shape index (κ1) is 25.2. The second-order valence-electron chi connectivity index (χ2n) is 11.1. The van der Waals surface area contributed by atoms with Crippen LogP contribution in [0.5, 0.6) is 5.75 Å². The van der Waals surface area contributed by atoms with Gasteiger partial charge in [0.05, 0.1) is 22.5 Å². The van der Waals surface area contributed by atoms with Gasteiger partial charge in [0.15, 0.2) is 0 Å². The summed E-state index contributed by atoms with van der Waals surface area (Å²) in [5.74, 6) is -0.926. The van der Waals surface area contributed by atoms with Crippen LogP contribution < -0.4 is 4.74 Å². The van der Waals surface area contributed by atoms with Crippen molar-refractivity contribution in [3.63, 3.8) is 0 Å². The smallest absolute Gasteiger partial charge is 0.254 e. The van der Waals surface area contributed by atoms with Gasteiger partial charge in [-0.25, -0.2) is 0 Å². The van der Waals surface area contributed by atoms with E-state index in [4.69, 9.17) is 4.74 Å². The molecule has 0 saturated carbocycles. The van der Waals surface area contributed by atoms with Crippen molar-refractivity contribution in [3.8, 4) is 5.75 Å². The Balaban J connectivity index is 1.04. The monoisotopic (exact) mass is 612 g/mol. The molecule has 0 spiro atoms. The number of carbonyl (C=O) groups is 2. The summed E-state index contributed by atoms with van der Waals surface area (Å²) in [7, 11) is 0. The van der Waals surface area contributed by atoms with Crippen LogP contribution in [0.4, 0.5) is 0 Å². The standard InChI is InChI=1S/C36H25BrN2O3/c37-29-18-21(16-17-30(29)42-20-23-10-7-9-22-8-1-2-11-24(22)23)19-38-39-35(40)33-31-25-12-3-4-13-26(25)32(34(33)36(39)41)28-15-6-5-14-27(28)31/h1-19,31-34H,20H2/b38-19-/t31?,32?,33-,34-/m0/s1. The van der Waals surface area contributed by atoms with E-state index in [1.807, 2.05) is 60.7 Å². The van der Waals surface area contributed by atoms with Crippen LogP contribution in [-0.4, -0.2) is 23.0 Å². The maximum absolute atomic E-state index is 13.8. The lowest BCUT2D eigenvalue weighted by Crippen LogP contribution is -2.41. The third kappa shape index (κ3) is 3.78. The molecule has 5 nitrogen and oxygen atoms in total. The number of nitrogens with zero attached hydrogens (tertiary/aromatic N) is 2. The van der Waals surface area contributed by atoms with Crippen molar-refractivity contribution in [1.29, 1.82) is 0 Å². The first-order chi connectivity index (χ1) is 20.6. The van der Waals surface area contributed by atoms with Gasteiger partial charge in [0.25, 0.3) is 11.8 Å². The molecule has 6 heteroatoms. The third-order valence-corrected chi connectivity index (χ3v) is 9.59. The number of halogens is 1. The molecule has 0 radical (unpaired) electrons. The fraction of sp³-hybridized carbons (Fsp3) is 0.139. The van der Waals surface area contributed by atoms with Crippen LogP contribution in [0.25, 0.3) is 10.8 Å². The number of fused-ring (bicyclic) bond motifs is 1. The maximum Gasteiger partial charge on any atom is 0.254 e. The van der Waals surface area contributed by atoms with Gasteiger partial charge in [-0.1, -0.05) is 91.0 Å². The van der Waals surface area contributed by atoms with E-state index in [1.54, 1.807) is 6.21 Å². The molecule has 1 fully saturated rings. The number of rotatable bonds is 5. The molecule has 2 bridgehead atoms. The van der Waals surface area contributed by atoms with Crippen LogP contribution in [0, 0.1) is 11.8 Å². The minimum absolute atomic E-state index is 0.142. The Morgan fingerprint density at radius 2 is 1.29 bits per heavy atom. The van der Waals surface area contributed by atoms with Crippen molar-refractivity contribution in [2.75, 3.05) is 0 Å². The number of amides is 2. The molecule has 1 heterocycles. The second-order valence-corrected chi connectivity index (χ2v) is 12.0. The molecule has 3 aliphatic carbocycles. The summed E-state index contributed by atoms with van der Waals surface area (Å²) < 4.78 is 6.91. The zero-order valence-corrected chi connectivity index (χ0v) is 24.1. The van der Waals surface area contributed by atoms with Crippen molar-refractivity contribution < 1.29 is 14.3 Å². The molecule has 204 valence electrons. The van der Waals surface area contributed by atoms with Crippen molar-refractivity contribution >= 4 is 44.7 Å². The number of imide groups is 1. The number of ether oxygens (including phenoxy) is 1. The maximum atomic E-state index is 13.8. The first-order valence-electron chi connectivity index (χ1n) is 14.1. The number of carbonyl (C=O) groups excluding carboxylic acids is 2. The molecule has 1 saturated heterocycles. The molecule has 2 amide bonds. The summed E-state index contributed by atoms with van der Waals surface area (Å²) in [6, 6.07) is 36.6. The van der Waals surface area contributed by atoms with Crippen LogP contribution in [0.2, 0.25) is 0 Å². The first-order valence-corrected chi connectivity index (χ1v) is 14.9. The second kappa shape index (κ2) is 9.78. The van der Waals surface area contributed by atoms with Crippen LogP contribution in [-0.2, 0) is 16.2 Å². The highest BCUT2D eigenvalue weighted by molar-refractivity contribution is 9.10. The summed E-state index contributed by atoms with van der Waals surface area (Å²) in [4.78, 5) is 27.6. The summed E-state index contributed by atoms with van der Waals surface area (Å²) in [6.07, 6.45) is 1.58. The molecule has 0 unspecified atom stereocenters. The van der Waals surface area contributed by atoms with Gasteiger partial charge in [0.2, 0.25) is 0 Å². The van der Waals surface area contributed by atoms with Crippen LogP contribution in [0.15, 0.2) is 119 Å². The number of hydrogen-bond acceptors (Lipinski definition) is 4.